The van der Waals surface area contributed by atoms with E-state index in [4.69, 9.17) is 11.6 Å². The Labute approximate surface area is 103 Å². The first-order valence-corrected chi connectivity index (χ1v) is 6.20. The second kappa shape index (κ2) is 3.23. The summed E-state index contributed by atoms with van der Waals surface area (Å²) in [7, 11) is 0. The molecule has 0 aliphatic heterocycles. The lowest BCUT2D eigenvalue weighted by Gasteiger charge is -2.10. The maximum Gasteiger partial charge on any atom is 0.0266 e. The van der Waals surface area contributed by atoms with Gasteiger partial charge in [0.25, 0.3) is 0 Å². The topological polar surface area (TPSA) is 0 Å². The third-order valence-electron chi connectivity index (χ3n) is 3.30. The zero-order valence-electron chi connectivity index (χ0n) is 8.30. The quantitative estimate of drug-likeness (QED) is 0.604. The minimum Gasteiger partial charge on any atom is -0.0894 e. The molecule has 2 aliphatic carbocycles. The molecule has 0 saturated carbocycles. The van der Waals surface area contributed by atoms with Gasteiger partial charge in [0.1, 0.15) is 0 Å². The minimum absolute atomic E-state index is 0.401. The predicted molar refractivity (Wildman–Crippen MR) is 67.3 cm³/mol. The Morgan fingerprint density at radius 1 is 1.27 bits per heavy atom. The molecule has 2 aliphatic rings. The van der Waals surface area contributed by atoms with Gasteiger partial charge in [0.2, 0.25) is 0 Å². The Bertz CT molecular complexity index is 495. The number of fused-ring (bicyclic) bond motifs is 5. The summed E-state index contributed by atoms with van der Waals surface area (Å²) in [6.07, 6.45) is 4.53. The standard InChI is InChI=1S/C13H10BrCl/c1-7(15)12-9-5-6-10(12)13-8(9)3-2-4-11(13)14/h2-6,9-10H,1H3/b12-7+. The first-order chi connectivity index (χ1) is 7.20. The molecule has 2 heteroatoms. The monoisotopic (exact) mass is 280 g/mol. The van der Waals surface area contributed by atoms with E-state index >= 15 is 0 Å². The van der Waals surface area contributed by atoms with Crippen LogP contribution < -0.4 is 0 Å². The van der Waals surface area contributed by atoms with Gasteiger partial charge in [0.05, 0.1) is 0 Å². The van der Waals surface area contributed by atoms with Gasteiger partial charge in [0.15, 0.2) is 0 Å². The summed E-state index contributed by atoms with van der Waals surface area (Å²) < 4.78 is 1.20. The van der Waals surface area contributed by atoms with Crippen molar-refractivity contribution in [2.45, 2.75) is 18.8 Å². The molecule has 76 valence electrons. The third kappa shape index (κ3) is 1.20. The zero-order chi connectivity index (χ0) is 10.6. The zero-order valence-corrected chi connectivity index (χ0v) is 10.6. The first kappa shape index (κ1) is 9.68. The summed E-state index contributed by atoms with van der Waals surface area (Å²) in [5.74, 6) is 0.818. The number of halogens is 2. The average molecular weight is 282 g/mol. The molecule has 0 amide bonds. The average Bonchev–Trinajstić information content (AvgIpc) is 2.73. The van der Waals surface area contributed by atoms with Gasteiger partial charge in [-0.25, -0.2) is 0 Å². The van der Waals surface area contributed by atoms with Crippen LogP contribution in [0.2, 0.25) is 0 Å². The van der Waals surface area contributed by atoms with Crippen molar-refractivity contribution in [3.05, 3.63) is 56.6 Å². The van der Waals surface area contributed by atoms with Crippen molar-refractivity contribution in [2.24, 2.45) is 0 Å². The van der Waals surface area contributed by atoms with Crippen molar-refractivity contribution in [1.29, 1.82) is 0 Å². The molecule has 1 aromatic carbocycles. The van der Waals surface area contributed by atoms with E-state index < -0.39 is 0 Å². The molecular formula is C13H10BrCl. The van der Waals surface area contributed by atoms with Crippen LogP contribution in [-0.2, 0) is 0 Å². The molecule has 0 spiro atoms. The maximum atomic E-state index is 6.18. The van der Waals surface area contributed by atoms with Crippen LogP contribution in [0.4, 0.5) is 0 Å². The van der Waals surface area contributed by atoms with E-state index in [-0.39, 0.29) is 0 Å². The second-order valence-electron chi connectivity index (χ2n) is 4.07. The number of benzene rings is 1. The molecular weight excluding hydrogens is 272 g/mol. The molecule has 15 heavy (non-hydrogen) atoms. The lowest BCUT2D eigenvalue weighted by atomic mass is 9.97. The molecule has 0 radical (unpaired) electrons. The van der Waals surface area contributed by atoms with Gasteiger partial charge in [-0.1, -0.05) is 51.8 Å². The van der Waals surface area contributed by atoms with Crippen LogP contribution in [-0.4, -0.2) is 0 Å². The van der Waals surface area contributed by atoms with Crippen molar-refractivity contribution < 1.29 is 0 Å². The Hall–Kier alpha value is -0.530. The first-order valence-electron chi connectivity index (χ1n) is 5.03. The molecule has 2 unspecified atom stereocenters. The van der Waals surface area contributed by atoms with Gasteiger partial charge in [-0.05, 0) is 29.7 Å². The number of hydrogen-bond acceptors (Lipinski definition) is 0. The SMILES string of the molecule is C/C(Cl)=C1/C2C=CC1c1c(Br)cccc12. The van der Waals surface area contributed by atoms with E-state index in [2.05, 4.69) is 46.3 Å². The van der Waals surface area contributed by atoms with Crippen molar-refractivity contribution >= 4 is 27.5 Å². The van der Waals surface area contributed by atoms with Crippen LogP contribution in [0.25, 0.3) is 0 Å². The molecule has 0 fully saturated rings. The predicted octanol–water partition coefficient (Wildman–Crippen LogP) is 4.71. The van der Waals surface area contributed by atoms with Crippen molar-refractivity contribution in [1.82, 2.24) is 0 Å². The summed E-state index contributed by atoms with van der Waals surface area (Å²) >= 11 is 9.81. The lowest BCUT2D eigenvalue weighted by Crippen LogP contribution is -1.92. The van der Waals surface area contributed by atoms with Gasteiger partial charge in [-0.2, -0.15) is 0 Å². The van der Waals surface area contributed by atoms with Crippen molar-refractivity contribution in [3.8, 4) is 0 Å². The fraction of sp³-hybridized carbons (Fsp3) is 0.231. The van der Waals surface area contributed by atoms with E-state index in [9.17, 15) is 0 Å². The Kier molecular flexibility index (Phi) is 2.08. The van der Waals surface area contributed by atoms with E-state index in [1.165, 1.54) is 21.2 Å². The van der Waals surface area contributed by atoms with Crippen LogP contribution in [0, 0.1) is 0 Å². The van der Waals surface area contributed by atoms with Crippen LogP contribution in [0.5, 0.6) is 0 Å². The van der Waals surface area contributed by atoms with Crippen LogP contribution in [0.3, 0.4) is 0 Å². The van der Waals surface area contributed by atoms with Gasteiger partial charge in [-0.3, -0.25) is 0 Å². The largest absolute Gasteiger partial charge is 0.0894 e. The van der Waals surface area contributed by atoms with Gasteiger partial charge in [0, 0.05) is 21.3 Å². The van der Waals surface area contributed by atoms with E-state index in [0.29, 0.717) is 11.8 Å². The summed E-state index contributed by atoms with van der Waals surface area (Å²) in [6, 6.07) is 6.40. The van der Waals surface area contributed by atoms with Crippen LogP contribution >= 0.6 is 27.5 Å². The van der Waals surface area contributed by atoms with E-state index in [0.717, 1.165) is 5.03 Å². The number of allylic oxidation sites excluding steroid dienone is 4. The molecule has 0 saturated heterocycles. The summed E-state index contributed by atoms with van der Waals surface area (Å²) in [5.41, 5.74) is 4.17. The highest BCUT2D eigenvalue weighted by Gasteiger charge is 2.39. The molecule has 0 aromatic heterocycles. The normalized spacial score (nSPS) is 29.5. The van der Waals surface area contributed by atoms with Gasteiger partial charge < -0.3 is 0 Å². The maximum absolute atomic E-state index is 6.18. The van der Waals surface area contributed by atoms with E-state index in [1.807, 2.05) is 6.92 Å². The minimum atomic E-state index is 0.401. The van der Waals surface area contributed by atoms with Gasteiger partial charge >= 0.3 is 0 Å². The van der Waals surface area contributed by atoms with Crippen molar-refractivity contribution in [3.63, 3.8) is 0 Å². The molecule has 0 nitrogen and oxygen atoms in total. The second-order valence-corrected chi connectivity index (χ2v) is 5.49. The smallest absolute Gasteiger partial charge is 0.0266 e. The van der Waals surface area contributed by atoms with E-state index in [1.54, 1.807) is 0 Å². The molecule has 2 bridgehead atoms. The summed E-state index contributed by atoms with van der Waals surface area (Å²) in [4.78, 5) is 0. The summed E-state index contributed by atoms with van der Waals surface area (Å²) in [5, 5.41) is 0.943. The number of rotatable bonds is 0. The molecule has 1 aromatic rings. The number of hydrogen-bond donors (Lipinski definition) is 0. The fourth-order valence-electron chi connectivity index (χ4n) is 2.73. The molecule has 0 N–H and O–H groups in total. The highest BCUT2D eigenvalue weighted by molar-refractivity contribution is 9.10. The van der Waals surface area contributed by atoms with Crippen molar-refractivity contribution in [2.75, 3.05) is 0 Å². The summed E-state index contributed by atoms with van der Waals surface area (Å²) in [6.45, 7) is 1.99. The fourth-order valence-corrected chi connectivity index (χ4v) is 3.59. The Morgan fingerprint density at radius 2 is 2.00 bits per heavy atom. The highest BCUT2D eigenvalue weighted by Crippen LogP contribution is 2.55. The lowest BCUT2D eigenvalue weighted by molar-refractivity contribution is 1.02. The Morgan fingerprint density at radius 3 is 2.67 bits per heavy atom. The Balaban J connectivity index is 2.29. The van der Waals surface area contributed by atoms with Crippen LogP contribution in [0.15, 0.2) is 45.4 Å². The third-order valence-corrected chi connectivity index (χ3v) is 4.21. The molecule has 2 atom stereocenters. The van der Waals surface area contributed by atoms with Gasteiger partial charge in [-0.15, -0.1) is 0 Å². The highest BCUT2D eigenvalue weighted by atomic mass is 79.9. The molecule has 0 heterocycles. The molecule has 3 rings (SSSR count). The van der Waals surface area contributed by atoms with Crippen LogP contribution in [0.1, 0.15) is 29.9 Å².